The topological polar surface area (TPSA) is 237 Å². The van der Waals surface area contributed by atoms with E-state index in [4.69, 9.17) is 37.0 Å². The monoisotopic (exact) mass is 1560 g/mol. The summed E-state index contributed by atoms with van der Waals surface area (Å²) in [6.07, 6.45) is 91.3. The van der Waals surface area contributed by atoms with Crippen molar-refractivity contribution in [1.82, 2.24) is 0 Å². The number of ether oxygens (including phenoxy) is 4. The average molecular weight is 1560 g/mol. The first-order valence-electron chi connectivity index (χ1n) is 42.4. The van der Waals surface area contributed by atoms with Crippen molar-refractivity contribution < 1.29 is 80.2 Å². The smallest absolute Gasteiger partial charge is 0.462 e. The number of unbranched alkanes of at least 4 members (excludes halogenated alkanes) is 31. The van der Waals surface area contributed by atoms with Crippen LogP contribution in [0.3, 0.4) is 0 Å². The van der Waals surface area contributed by atoms with E-state index in [1.165, 1.54) is 103 Å². The van der Waals surface area contributed by atoms with E-state index in [1.807, 2.05) is 0 Å². The molecule has 0 aliphatic rings. The summed E-state index contributed by atoms with van der Waals surface area (Å²) in [5.41, 5.74) is 0. The van der Waals surface area contributed by atoms with Crippen LogP contribution in [0.2, 0.25) is 0 Å². The molecule has 0 aromatic rings. The predicted molar refractivity (Wildman–Crippen MR) is 445 cm³/mol. The molecule has 0 radical (unpaired) electrons. The van der Waals surface area contributed by atoms with Gasteiger partial charge in [0.15, 0.2) is 12.2 Å². The number of allylic oxidation sites excluding steroid dienone is 22. The Morgan fingerprint density at radius 1 is 0.269 bits per heavy atom. The van der Waals surface area contributed by atoms with Crippen molar-refractivity contribution in [3.05, 3.63) is 134 Å². The lowest BCUT2D eigenvalue weighted by atomic mass is 10.0. The van der Waals surface area contributed by atoms with Gasteiger partial charge in [0.2, 0.25) is 0 Å². The Bertz CT molecular complexity index is 2560. The van der Waals surface area contributed by atoms with E-state index in [9.17, 15) is 43.2 Å². The van der Waals surface area contributed by atoms with Crippen LogP contribution >= 0.6 is 15.6 Å². The van der Waals surface area contributed by atoms with E-state index in [0.29, 0.717) is 25.7 Å². The Morgan fingerprint density at radius 3 is 0.759 bits per heavy atom. The van der Waals surface area contributed by atoms with Crippen molar-refractivity contribution in [3.8, 4) is 0 Å². The van der Waals surface area contributed by atoms with Gasteiger partial charge in [-0.2, -0.15) is 0 Å². The minimum absolute atomic E-state index is 0.0517. The molecule has 0 bridgehead atoms. The Morgan fingerprint density at radius 2 is 0.481 bits per heavy atom. The molecular formula is C89H152O17P2. The molecule has 0 aromatic carbocycles. The molecule has 0 aliphatic heterocycles. The van der Waals surface area contributed by atoms with Crippen molar-refractivity contribution in [3.63, 3.8) is 0 Å². The lowest BCUT2D eigenvalue weighted by Crippen LogP contribution is -2.30. The Kier molecular flexibility index (Phi) is 76.7. The number of hydrogen-bond donors (Lipinski definition) is 3. The molecule has 0 spiro atoms. The number of hydrogen-bond acceptors (Lipinski definition) is 15. The molecular weight excluding hydrogens is 1400 g/mol. The summed E-state index contributed by atoms with van der Waals surface area (Å²) in [4.78, 5) is 73.2. The van der Waals surface area contributed by atoms with E-state index in [2.05, 4.69) is 161 Å². The van der Waals surface area contributed by atoms with Crippen molar-refractivity contribution >= 4 is 39.5 Å². The Balaban J connectivity index is 5.44. The summed E-state index contributed by atoms with van der Waals surface area (Å²) < 4.78 is 68.7. The van der Waals surface area contributed by atoms with E-state index >= 15 is 0 Å². The Hall–Kier alpha value is -4.80. The van der Waals surface area contributed by atoms with E-state index in [0.717, 1.165) is 167 Å². The molecule has 0 rings (SSSR count). The fraction of sp³-hybridized carbons (Fsp3) is 0.708. The number of phosphoric acid groups is 2. The van der Waals surface area contributed by atoms with Crippen LogP contribution in [-0.4, -0.2) is 96.7 Å². The van der Waals surface area contributed by atoms with Gasteiger partial charge in [-0.05, 0) is 141 Å². The molecule has 2 unspecified atom stereocenters. The van der Waals surface area contributed by atoms with Crippen molar-refractivity contribution in [2.24, 2.45) is 0 Å². The second-order valence-electron chi connectivity index (χ2n) is 28.0. The Labute approximate surface area is 656 Å². The standard InChI is InChI=1S/C89H152O17P2/c1-5-9-13-17-21-25-29-33-37-39-41-43-47-50-54-58-62-66-70-74-87(92)100-80-84(105-88(93)75-71-67-63-59-55-51-46-36-32-28-24-20-16-12-8-4)81-103-107(95,96)101-77-83(90)78-102-108(97,98)104-82-85(79-99-86(91)73-69-65-61-57-53-49-45-35-31-27-23-19-15-11-7-3)106-89(94)76-72-68-64-60-56-52-48-44-42-40-38-34-30-26-22-18-14-10-6-2/h9-10,13-14,21-22,25-26,33-35,37-38,41-45,50,52,54,56,83-85,90H,5-8,11-12,15-20,23-24,27-32,36,39-40,46-49,51,53,55,57-82H2,1-4H3,(H,95,96)(H,97,98)/b13-9-,14-10-,25-21-,26-22-,37-33-,38-34-,43-41-,44-42-,45-35-,54-50-,56-52-/t83-,84-,85-/m1/s1. The minimum Gasteiger partial charge on any atom is -0.462 e. The van der Waals surface area contributed by atoms with Crippen LogP contribution in [0.5, 0.6) is 0 Å². The highest BCUT2D eigenvalue weighted by Crippen LogP contribution is 2.45. The van der Waals surface area contributed by atoms with Gasteiger partial charge in [-0.25, -0.2) is 9.13 Å². The first kappa shape index (κ1) is 103. The van der Waals surface area contributed by atoms with Crippen LogP contribution in [-0.2, 0) is 65.4 Å². The summed E-state index contributed by atoms with van der Waals surface area (Å²) in [6.45, 7) is 4.61. The fourth-order valence-electron chi connectivity index (χ4n) is 11.2. The SMILES string of the molecule is CC/C=C\C/C=C\C/C=C\C/C=C\C/C=C\CCCCCC(=O)OC[C@H](COP(=O)(O)OC[C@@H](O)COP(=O)(O)OC[C@@H](COC(=O)CCCCCCC/C=C\CCCCCCCC)OC(=O)CCCCC/C=C\C/C=C\C/C=C\C/C=C\C/C=C\CC)OC(=O)CCCCCCCCCCCCCCCCC. The van der Waals surface area contributed by atoms with Crippen LogP contribution in [0.1, 0.15) is 349 Å². The number of phosphoric ester groups is 2. The molecule has 17 nitrogen and oxygen atoms in total. The van der Waals surface area contributed by atoms with E-state index in [-0.39, 0.29) is 25.7 Å². The number of esters is 4. The van der Waals surface area contributed by atoms with Gasteiger partial charge in [0.25, 0.3) is 0 Å². The first-order chi connectivity index (χ1) is 52.7. The lowest BCUT2D eigenvalue weighted by molar-refractivity contribution is -0.161. The number of carbonyl (C=O) groups excluding carboxylic acids is 4. The molecule has 19 heteroatoms. The summed E-state index contributed by atoms with van der Waals surface area (Å²) >= 11 is 0. The first-order valence-corrected chi connectivity index (χ1v) is 45.4. The molecule has 0 aliphatic carbocycles. The molecule has 620 valence electrons. The lowest BCUT2D eigenvalue weighted by Gasteiger charge is -2.21. The molecule has 0 heterocycles. The molecule has 0 amide bonds. The van der Waals surface area contributed by atoms with Crippen LogP contribution in [0.15, 0.2) is 134 Å². The normalized spacial score (nSPS) is 14.5. The number of aliphatic hydroxyl groups excluding tert-OH is 1. The second-order valence-corrected chi connectivity index (χ2v) is 30.9. The van der Waals surface area contributed by atoms with Crippen molar-refractivity contribution in [1.29, 1.82) is 0 Å². The van der Waals surface area contributed by atoms with Crippen LogP contribution in [0.4, 0.5) is 0 Å². The molecule has 0 saturated carbocycles. The summed E-state index contributed by atoms with van der Waals surface area (Å²) in [6, 6.07) is 0. The van der Waals surface area contributed by atoms with Gasteiger partial charge in [0, 0.05) is 25.7 Å². The average Bonchev–Trinajstić information content (AvgIpc) is 0.914. The third-order valence-electron chi connectivity index (χ3n) is 17.6. The highest BCUT2D eigenvalue weighted by Gasteiger charge is 2.30. The zero-order valence-corrected chi connectivity index (χ0v) is 69.8. The zero-order chi connectivity index (χ0) is 78.9. The quantitative estimate of drug-likeness (QED) is 0.0169. The highest BCUT2D eigenvalue weighted by atomic mass is 31.2. The molecule has 0 aromatic heterocycles. The van der Waals surface area contributed by atoms with Crippen LogP contribution in [0.25, 0.3) is 0 Å². The van der Waals surface area contributed by atoms with E-state index < -0.39 is 97.5 Å². The van der Waals surface area contributed by atoms with Crippen LogP contribution in [0, 0.1) is 0 Å². The van der Waals surface area contributed by atoms with Gasteiger partial charge in [-0.3, -0.25) is 37.3 Å². The number of carbonyl (C=O) groups is 4. The third-order valence-corrected chi connectivity index (χ3v) is 19.5. The van der Waals surface area contributed by atoms with Crippen molar-refractivity contribution in [2.75, 3.05) is 39.6 Å². The maximum atomic E-state index is 13.1. The van der Waals surface area contributed by atoms with Gasteiger partial charge in [0.05, 0.1) is 26.4 Å². The number of aliphatic hydroxyl groups is 1. The van der Waals surface area contributed by atoms with Gasteiger partial charge in [0.1, 0.15) is 19.3 Å². The summed E-state index contributed by atoms with van der Waals surface area (Å²) in [5.74, 6) is -2.24. The van der Waals surface area contributed by atoms with Gasteiger partial charge in [-0.15, -0.1) is 0 Å². The summed E-state index contributed by atoms with van der Waals surface area (Å²) in [5, 5.41) is 10.7. The summed E-state index contributed by atoms with van der Waals surface area (Å²) in [7, 11) is -9.99. The third kappa shape index (κ3) is 79.3. The predicted octanol–water partition coefficient (Wildman–Crippen LogP) is 25.2. The maximum Gasteiger partial charge on any atom is 0.472 e. The molecule has 5 atom stereocenters. The van der Waals surface area contributed by atoms with E-state index in [1.54, 1.807) is 0 Å². The zero-order valence-electron chi connectivity index (χ0n) is 68.0. The molecule has 108 heavy (non-hydrogen) atoms. The minimum atomic E-state index is -5.00. The second kappa shape index (κ2) is 80.3. The number of rotatable bonds is 79. The molecule has 0 saturated heterocycles. The largest absolute Gasteiger partial charge is 0.472 e. The van der Waals surface area contributed by atoms with Gasteiger partial charge >= 0.3 is 39.5 Å². The van der Waals surface area contributed by atoms with Gasteiger partial charge < -0.3 is 33.8 Å². The van der Waals surface area contributed by atoms with Crippen LogP contribution < -0.4 is 0 Å². The van der Waals surface area contributed by atoms with Gasteiger partial charge in [-0.1, -0.05) is 315 Å². The van der Waals surface area contributed by atoms with Crippen molar-refractivity contribution in [2.45, 2.75) is 367 Å². The maximum absolute atomic E-state index is 13.1. The molecule has 0 fully saturated rings. The molecule has 3 N–H and O–H groups in total. The fourth-order valence-corrected chi connectivity index (χ4v) is 12.8. The highest BCUT2D eigenvalue weighted by molar-refractivity contribution is 7.47.